The van der Waals surface area contributed by atoms with Crippen molar-refractivity contribution in [3.8, 4) is 0 Å². The molecule has 3 nitrogen and oxygen atoms in total. The summed E-state index contributed by atoms with van der Waals surface area (Å²) in [6.45, 7) is 0.358. The third kappa shape index (κ3) is 2.59. The van der Waals surface area contributed by atoms with Crippen LogP contribution in [0.3, 0.4) is 0 Å². The number of halogens is 2. The van der Waals surface area contributed by atoms with Crippen molar-refractivity contribution in [1.82, 2.24) is 4.31 Å². The average Bonchev–Trinajstić information content (AvgIpc) is 2.46. The van der Waals surface area contributed by atoms with Gasteiger partial charge in [0.25, 0.3) is 0 Å². The molecule has 116 valence electrons. The van der Waals surface area contributed by atoms with Crippen molar-refractivity contribution >= 4 is 10.0 Å². The summed E-state index contributed by atoms with van der Waals surface area (Å²) in [5.74, 6) is -1.68. The van der Waals surface area contributed by atoms with E-state index in [-0.39, 0.29) is 6.04 Å². The molecule has 0 N–H and O–H groups in total. The summed E-state index contributed by atoms with van der Waals surface area (Å²) in [7, 11) is -4.11. The highest BCUT2D eigenvalue weighted by Gasteiger charge is 2.41. The second-order valence-electron chi connectivity index (χ2n) is 5.92. The number of sulfonamides is 1. The van der Waals surface area contributed by atoms with Crippen molar-refractivity contribution in [1.29, 1.82) is 0 Å². The zero-order chi connectivity index (χ0) is 15.0. The van der Waals surface area contributed by atoms with Crippen LogP contribution in [0, 0.1) is 17.6 Å². The Morgan fingerprint density at radius 3 is 2.33 bits per heavy atom. The molecule has 1 saturated carbocycles. The number of benzene rings is 1. The van der Waals surface area contributed by atoms with Crippen LogP contribution in [0.25, 0.3) is 0 Å². The molecule has 2 fully saturated rings. The maximum Gasteiger partial charge on any atom is 0.249 e. The Labute approximate surface area is 124 Å². The standard InChI is InChI=1S/C15H19F2NO2S/c16-12-7-3-8-13(17)15(12)21(19,20)18-10-4-6-11-5-1-2-9-14(11)18/h3,7-8,11,14H,1-2,4-6,9-10H2/t11-,14-/m1/s1. The van der Waals surface area contributed by atoms with Gasteiger partial charge in [-0.25, -0.2) is 17.2 Å². The fourth-order valence-electron chi connectivity index (χ4n) is 3.72. The van der Waals surface area contributed by atoms with E-state index in [0.29, 0.717) is 12.5 Å². The van der Waals surface area contributed by atoms with Gasteiger partial charge in [0, 0.05) is 12.6 Å². The summed E-state index contributed by atoms with van der Waals surface area (Å²) in [5, 5.41) is 0. The molecule has 0 unspecified atom stereocenters. The normalized spacial score (nSPS) is 27.3. The maximum atomic E-state index is 13.9. The van der Waals surface area contributed by atoms with E-state index < -0.39 is 26.6 Å². The Balaban J connectivity index is 2.01. The van der Waals surface area contributed by atoms with E-state index in [4.69, 9.17) is 0 Å². The number of piperidine rings is 1. The van der Waals surface area contributed by atoms with Gasteiger partial charge >= 0.3 is 0 Å². The first-order chi connectivity index (χ1) is 10.0. The lowest BCUT2D eigenvalue weighted by molar-refractivity contribution is 0.128. The molecule has 6 heteroatoms. The number of fused-ring (bicyclic) bond motifs is 1. The Hall–Kier alpha value is -1.01. The third-order valence-electron chi connectivity index (χ3n) is 4.68. The Morgan fingerprint density at radius 2 is 1.62 bits per heavy atom. The molecule has 1 saturated heterocycles. The molecule has 2 aliphatic rings. The van der Waals surface area contributed by atoms with E-state index in [9.17, 15) is 17.2 Å². The highest BCUT2D eigenvalue weighted by Crippen LogP contribution is 2.38. The highest BCUT2D eigenvalue weighted by molar-refractivity contribution is 7.89. The first kappa shape index (κ1) is 14.9. The van der Waals surface area contributed by atoms with Crippen molar-refractivity contribution in [3.63, 3.8) is 0 Å². The molecule has 0 spiro atoms. The fraction of sp³-hybridized carbons (Fsp3) is 0.600. The topological polar surface area (TPSA) is 37.4 Å². The smallest absolute Gasteiger partial charge is 0.207 e. The van der Waals surface area contributed by atoms with Gasteiger partial charge in [-0.2, -0.15) is 4.31 Å². The Kier molecular flexibility index (Phi) is 4.01. The summed E-state index contributed by atoms with van der Waals surface area (Å²) in [5.41, 5.74) is 0. The van der Waals surface area contributed by atoms with Gasteiger partial charge in [-0.15, -0.1) is 0 Å². The quantitative estimate of drug-likeness (QED) is 0.839. The molecular weight excluding hydrogens is 296 g/mol. The SMILES string of the molecule is O=S(=O)(c1c(F)cccc1F)N1CCC[C@H]2CCCC[C@H]21. The largest absolute Gasteiger partial charge is 0.249 e. The molecule has 2 atom stereocenters. The molecule has 0 amide bonds. The summed E-state index contributed by atoms with van der Waals surface area (Å²) in [4.78, 5) is -0.795. The zero-order valence-corrected chi connectivity index (χ0v) is 12.6. The number of hydrogen-bond acceptors (Lipinski definition) is 2. The number of hydrogen-bond donors (Lipinski definition) is 0. The van der Waals surface area contributed by atoms with E-state index in [1.165, 1.54) is 10.4 Å². The predicted octanol–water partition coefficient (Wildman–Crippen LogP) is 3.31. The molecule has 1 aliphatic heterocycles. The lowest BCUT2D eigenvalue weighted by atomic mass is 9.79. The van der Waals surface area contributed by atoms with E-state index >= 15 is 0 Å². The van der Waals surface area contributed by atoms with Crippen LogP contribution in [-0.4, -0.2) is 25.3 Å². The van der Waals surface area contributed by atoms with Gasteiger partial charge < -0.3 is 0 Å². The van der Waals surface area contributed by atoms with E-state index in [0.717, 1.165) is 50.7 Å². The Bertz CT molecular complexity index is 610. The van der Waals surface area contributed by atoms with E-state index in [1.807, 2.05) is 0 Å². The van der Waals surface area contributed by atoms with Crippen molar-refractivity contribution in [2.75, 3.05) is 6.54 Å². The summed E-state index contributed by atoms with van der Waals surface area (Å²) in [6, 6.07) is 3.08. The van der Waals surface area contributed by atoms with Gasteiger partial charge in [0.05, 0.1) is 0 Å². The van der Waals surface area contributed by atoms with Crippen molar-refractivity contribution in [3.05, 3.63) is 29.8 Å². The van der Waals surface area contributed by atoms with Crippen molar-refractivity contribution < 1.29 is 17.2 Å². The van der Waals surface area contributed by atoms with Crippen LogP contribution in [-0.2, 0) is 10.0 Å². The highest BCUT2D eigenvalue weighted by atomic mass is 32.2. The van der Waals surface area contributed by atoms with Gasteiger partial charge in [0.15, 0.2) is 4.90 Å². The van der Waals surface area contributed by atoms with Crippen LogP contribution in [0.5, 0.6) is 0 Å². The second kappa shape index (κ2) is 5.65. The molecule has 0 aromatic heterocycles. The van der Waals surface area contributed by atoms with Gasteiger partial charge in [0.2, 0.25) is 10.0 Å². The second-order valence-corrected chi connectivity index (χ2v) is 7.75. The van der Waals surface area contributed by atoms with Gasteiger partial charge in [-0.1, -0.05) is 18.9 Å². The maximum absolute atomic E-state index is 13.9. The van der Waals surface area contributed by atoms with Crippen LogP contribution in [0.2, 0.25) is 0 Å². The summed E-state index contributed by atoms with van der Waals surface area (Å²) in [6.07, 6.45) is 5.67. The van der Waals surface area contributed by atoms with Gasteiger partial charge in [-0.05, 0) is 43.7 Å². The number of rotatable bonds is 2. The lowest BCUT2D eigenvalue weighted by Crippen LogP contribution is -2.49. The van der Waals surface area contributed by atoms with Gasteiger partial charge in [0.1, 0.15) is 11.6 Å². The minimum Gasteiger partial charge on any atom is -0.207 e. The molecule has 3 rings (SSSR count). The summed E-state index contributed by atoms with van der Waals surface area (Å²) < 4.78 is 54.6. The molecular formula is C15H19F2NO2S. The lowest BCUT2D eigenvalue weighted by Gasteiger charge is -2.43. The van der Waals surface area contributed by atoms with Crippen LogP contribution < -0.4 is 0 Å². The average molecular weight is 315 g/mol. The monoisotopic (exact) mass is 315 g/mol. The summed E-state index contributed by atoms with van der Waals surface area (Å²) >= 11 is 0. The molecule has 1 heterocycles. The van der Waals surface area contributed by atoms with Crippen LogP contribution in [0.1, 0.15) is 38.5 Å². The van der Waals surface area contributed by atoms with Crippen LogP contribution >= 0.6 is 0 Å². The third-order valence-corrected chi connectivity index (χ3v) is 6.65. The first-order valence-electron chi connectivity index (χ1n) is 7.47. The van der Waals surface area contributed by atoms with Crippen molar-refractivity contribution in [2.24, 2.45) is 5.92 Å². The van der Waals surface area contributed by atoms with Gasteiger partial charge in [-0.3, -0.25) is 0 Å². The van der Waals surface area contributed by atoms with Crippen LogP contribution in [0.4, 0.5) is 8.78 Å². The minimum atomic E-state index is -4.11. The molecule has 0 radical (unpaired) electrons. The molecule has 21 heavy (non-hydrogen) atoms. The van der Waals surface area contributed by atoms with Crippen LogP contribution in [0.15, 0.2) is 23.1 Å². The molecule has 1 aliphatic carbocycles. The van der Waals surface area contributed by atoms with E-state index in [1.54, 1.807) is 0 Å². The zero-order valence-electron chi connectivity index (χ0n) is 11.8. The molecule has 1 aromatic carbocycles. The minimum absolute atomic E-state index is 0.100. The van der Waals surface area contributed by atoms with E-state index in [2.05, 4.69) is 0 Å². The fourth-order valence-corrected chi connectivity index (χ4v) is 5.59. The molecule has 0 bridgehead atoms. The predicted molar refractivity (Wildman–Crippen MR) is 75.2 cm³/mol. The Morgan fingerprint density at radius 1 is 1.00 bits per heavy atom. The number of nitrogens with zero attached hydrogens (tertiary/aromatic N) is 1. The molecule has 1 aromatic rings. The van der Waals surface area contributed by atoms with Crippen molar-refractivity contribution in [2.45, 2.75) is 49.5 Å². The first-order valence-corrected chi connectivity index (χ1v) is 8.91.